The second-order valence-electron chi connectivity index (χ2n) is 11.7. The zero-order valence-corrected chi connectivity index (χ0v) is 28.4. The van der Waals surface area contributed by atoms with Crippen LogP contribution in [0, 0.1) is 5.92 Å². The number of nitrogens with zero attached hydrogens (tertiary/aromatic N) is 2. The number of para-hydroxylation sites is 1. The number of benzene rings is 2. The number of likely N-dealkylation sites (N-methyl/N-ethyl adjacent to an activating group) is 1. The monoisotopic (exact) mass is 672 g/mol. The zero-order chi connectivity index (χ0) is 33.3. The maximum absolute atomic E-state index is 14.3. The van der Waals surface area contributed by atoms with Gasteiger partial charge in [0.25, 0.3) is 15.9 Å². The topological polar surface area (TPSA) is 138 Å². The lowest BCUT2D eigenvalue weighted by molar-refractivity contribution is -0.00832. The molecule has 13 heteroatoms. The molecular weight excluding hydrogens is 629 g/mol. The number of fused-ring (bicyclic) bond motifs is 1. The molecule has 46 heavy (non-hydrogen) atoms. The molecule has 1 aliphatic heterocycles. The first-order valence-corrected chi connectivity index (χ1v) is 17.8. The van der Waals surface area contributed by atoms with Gasteiger partial charge in [-0.15, -0.1) is 11.3 Å². The average Bonchev–Trinajstić information content (AvgIpc) is 3.59. The van der Waals surface area contributed by atoms with Crippen LogP contribution in [0.3, 0.4) is 0 Å². The van der Waals surface area contributed by atoms with Gasteiger partial charge in [0.15, 0.2) is 0 Å². The quantitative estimate of drug-likeness (QED) is 0.287. The number of hydrogen-bond donors (Lipinski definition) is 3. The summed E-state index contributed by atoms with van der Waals surface area (Å²) >= 11 is 1.16. The molecule has 0 bridgehead atoms. The Morgan fingerprint density at radius 3 is 2.52 bits per heavy atom. The van der Waals surface area contributed by atoms with Crippen molar-refractivity contribution in [1.29, 1.82) is 0 Å². The highest BCUT2D eigenvalue weighted by molar-refractivity contribution is 7.91. The Hall–Kier alpha value is -3.49. The van der Waals surface area contributed by atoms with Gasteiger partial charge in [0.05, 0.1) is 30.4 Å². The number of hydrogen-bond acceptors (Lipinski definition) is 8. The number of thiophene rings is 1. The summed E-state index contributed by atoms with van der Waals surface area (Å²) in [5.41, 5.74) is 1.25. The van der Waals surface area contributed by atoms with Gasteiger partial charge in [0, 0.05) is 44.0 Å². The number of ether oxygens (including phenoxy) is 2. The predicted molar refractivity (Wildman–Crippen MR) is 180 cm³/mol. The van der Waals surface area contributed by atoms with Crippen LogP contribution in [0.25, 0.3) is 0 Å². The Kier molecular flexibility index (Phi) is 12.6. The molecule has 1 aromatic heterocycles. The van der Waals surface area contributed by atoms with Crippen molar-refractivity contribution in [2.75, 3.05) is 44.0 Å². The van der Waals surface area contributed by atoms with E-state index in [9.17, 15) is 23.1 Å². The molecule has 0 aliphatic carbocycles. The van der Waals surface area contributed by atoms with E-state index in [-0.39, 0.29) is 41.5 Å². The Morgan fingerprint density at radius 2 is 1.83 bits per heavy atom. The summed E-state index contributed by atoms with van der Waals surface area (Å²) in [5.74, 6) is -0.317. The van der Waals surface area contributed by atoms with E-state index >= 15 is 0 Å². The van der Waals surface area contributed by atoms with E-state index in [1.165, 1.54) is 11.4 Å². The maximum atomic E-state index is 14.3. The van der Waals surface area contributed by atoms with Crippen LogP contribution in [-0.4, -0.2) is 86.3 Å². The number of anilines is 2. The molecule has 2 aromatic carbocycles. The lowest BCUT2D eigenvalue weighted by atomic mass is 10.0. The van der Waals surface area contributed by atoms with Crippen LogP contribution in [0.5, 0.6) is 5.75 Å². The lowest BCUT2D eigenvalue weighted by Gasteiger charge is -2.35. The fourth-order valence-corrected chi connectivity index (χ4v) is 7.58. The Balaban J connectivity index is 1.62. The van der Waals surface area contributed by atoms with Crippen LogP contribution in [0.15, 0.2) is 70.3 Å². The molecule has 11 nitrogen and oxygen atoms in total. The highest BCUT2D eigenvalue weighted by Gasteiger charge is 2.32. The number of carbonyl (C=O) groups is 2. The SMILES string of the molecule is C[C@@H]1CCCCO[C@H](CN(C)S(=O)(=O)c2cccs2)[C@@H](C)CN([C@@H](C)CO)C(=O)c2cc(NC(=O)Nc3ccccc3)ccc2O1. The van der Waals surface area contributed by atoms with Crippen molar-refractivity contribution >= 4 is 44.7 Å². The van der Waals surface area contributed by atoms with Crippen molar-refractivity contribution in [2.24, 2.45) is 5.92 Å². The molecule has 250 valence electrons. The van der Waals surface area contributed by atoms with E-state index in [0.29, 0.717) is 30.2 Å². The minimum absolute atomic E-state index is 0.0949. The Bertz CT molecular complexity index is 1540. The summed E-state index contributed by atoms with van der Waals surface area (Å²) in [4.78, 5) is 28.6. The summed E-state index contributed by atoms with van der Waals surface area (Å²) < 4.78 is 40.5. The van der Waals surface area contributed by atoms with Crippen LogP contribution in [0.1, 0.15) is 50.4 Å². The molecule has 0 unspecified atom stereocenters. The molecular formula is C33H44N4O7S2. The largest absolute Gasteiger partial charge is 0.490 e. The van der Waals surface area contributed by atoms with Gasteiger partial charge in [0.1, 0.15) is 9.96 Å². The van der Waals surface area contributed by atoms with E-state index in [0.717, 1.165) is 24.2 Å². The number of carbonyl (C=O) groups excluding carboxylic acids is 2. The van der Waals surface area contributed by atoms with E-state index in [4.69, 9.17) is 9.47 Å². The van der Waals surface area contributed by atoms with Crippen molar-refractivity contribution < 1.29 is 32.6 Å². The molecule has 3 aromatic rings. The highest BCUT2D eigenvalue weighted by atomic mass is 32.2. The average molecular weight is 673 g/mol. The molecule has 3 N–H and O–H groups in total. The van der Waals surface area contributed by atoms with Crippen LogP contribution in [0.2, 0.25) is 0 Å². The normalized spacial score (nSPS) is 20.7. The summed E-state index contributed by atoms with van der Waals surface area (Å²) in [6.07, 6.45) is 1.53. The summed E-state index contributed by atoms with van der Waals surface area (Å²) in [5, 5.41) is 17.5. The first-order valence-electron chi connectivity index (χ1n) is 15.5. The molecule has 0 radical (unpaired) electrons. The summed E-state index contributed by atoms with van der Waals surface area (Å²) in [6.45, 7) is 6.00. The van der Waals surface area contributed by atoms with Gasteiger partial charge in [-0.25, -0.2) is 13.2 Å². The molecule has 4 rings (SSSR count). The number of aliphatic hydroxyl groups excluding tert-OH is 1. The van der Waals surface area contributed by atoms with Crippen molar-refractivity contribution in [3.05, 3.63) is 71.6 Å². The smallest absolute Gasteiger partial charge is 0.323 e. The molecule has 0 fully saturated rings. The van der Waals surface area contributed by atoms with E-state index in [1.54, 1.807) is 59.7 Å². The number of rotatable bonds is 8. The molecule has 0 spiro atoms. The summed E-state index contributed by atoms with van der Waals surface area (Å²) in [6, 6.07) is 16.2. The van der Waals surface area contributed by atoms with Gasteiger partial charge in [0.2, 0.25) is 0 Å². The van der Waals surface area contributed by atoms with Crippen LogP contribution >= 0.6 is 11.3 Å². The number of amides is 3. The third-order valence-corrected chi connectivity index (χ3v) is 11.1. The van der Waals surface area contributed by atoms with Gasteiger partial charge in [-0.1, -0.05) is 31.2 Å². The first kappa shape index (κ1) is 35.4. The van der Waals surface area contributed by atoms with Gasteiger partial charge in [-0.05, 0) is 74.9 Å². The standard InChI is InChI=1S/C33H44N4O7S2/c1-23-20-37(24(2)22-38)32(39)28-19-27(35-33(40)34-26-12-6-5-7-13-26)15-16-29(28)44-25(3)11-8-9-17-43-30(23)21-36(4)46(41,42)31-14-10-18-45-31/h5-7,10,12-16,18-19,23-25,30,38H,8-9,11,17,20-22H2,1-4H3,(H2,34,35,40)/t23-,24-,25+,30+/m0/s1. The van der Waals surface area contributed by atoms with Crippen molar-refractivity contribution in [2.45, 2.75) is 62.5 Å². The number of nitrogens with one attached hydrogen (secondary N) is 2. The maximum Gasteiger partial charge on any atom is 0.323 e. The van der Waals surface area contributed by atoms with Crippen LogP contribution in [0.4, 0.5) is 16.2 Å². The predicted octanol–water partition coefficient (Wildman–Crippen LogP) is 5.51. The third kappa shape index (κ3) is 9.29. The van der Waals surface area contributed by atoms with Gasteiger partial charge in [-0.3, -0.25) is 4.79 Å². The number of aliphatic hydroxyl groups is 1. The van der Waals surface area contributed by atoms with Crippen molar-refractivity contribution in [3.8, 4) is 5.75 Å². The first-order chi connectivity index (χ1) is 22.0. The minimum Gasteiger partial charge on any atom is -0.490 e. The van der Waals surface area contributed by atoms with E-state index < -0.39 is 34.1 Å². The zero-order valence-electron chi connectivity index (χ0n) is 26.7. The Morgan fingerprint density at radius 1 is 1.09 bits per heavy atom. The Labute approximate surface area is 275 Å². The molecule has 2 heterocycles. The molecule has 0 saturated carbocycles. The number of urea groups is 1. The fourth-order valence-electron chi connectivity index (χ4n) is 5.19. The van der Waals surface area contributed by atoms with Gasteiger partial charge < -0.3 is 30.1 Å². The third-order valence-electron chi connectivity index (χ3n) is 7.94. The highest BCUT2D eigenvalue weighted by Crippen LogP contribution is 2.29. The van der Waals surface area contributed by atoms with Gasteiger partial charge >= 0.3 is 6.03 Å². The van der Waals surface area contributed by atoms with Gasteiger partial charge in [-0.2, -0.15) is 4.31 Å². The lowest BCUT2D eigenvalue weighted by Crippen LogP contribution is -2.48. The van der Waals surface area contributed by atoms with E-state index in [1.807, 2.05) is 32.0 Å². The second-order valence-corrected chi connectivity index (χ2v) is 14.9. The van der Waals surface area contributed by atoms with Crippen LogP contribution < -0.4 is 15.4 Å². The summed E-state index contributed by atoms with van der Waals surface area (Å²) in [7, 11) is -2.18. The molecule has 0 saturated heterocycles. The van der Waals surface area contributed by atoms with Crippen molar-refractivity contribution in [1.82, 2.24) is 9.21 Å². The molecule has 4 atom stereocenters. The van der Waals surface area contributed by atoms with Crippen molar-refractivity contribution in [3.63, 3.8) is 0 Å². The van der Waals surface area contributed by atoms with Crippen LogP contribution in [-0.2, 0) is 14.8 Å². The minimum atomic E-state index is -3.71. The molecule has 3 amide bonds. The fraction of sp³-hybridized carbons (Fsp3) is 0.455. The van der Waals surface area contributed by atoms with E-state index in [2.05, 4.69) is 10.6 Å². The second kappa shape index (κ2) is 16.4. The molecule has 1 aliphatic rings. The number of sulfonamides is 1.